The maximum absolute atomic E-state index is 5.41. The van der Waals surface area contributed by atoms with E-state index in [4.69, 9.17) is 19.9 Å². The number of aliphatic imine (C=N–C) groups is 1. The number of aromatic nitrogens is 4. The van der Waals surface area contributed by atoms with Gasteiger partial charge in [-0.2, -0.15) is 9.97 Å². The molecule has 0 bridgehead atoms. The molecule has 6 nitrogen and oxygen atoms in total. The standard InChI is InChI=1S/C55H34N6S2/c1-4-15-33(16-5-1)36-27-29-39-38-21-10-12-24-43(38)61(44(39)31-36)55-59-52(35-19-8-3-9-20-35)58-53(60-55)37-28-30-40-47(32-37)62-46-26-14-23-42(48(40)46)54-56-49(34-17-6-2-7-18-34)51-50(57-54)41-22-11-13-25-45(41)63-51/h1-32,49H,(H,56,57). The van der Waals surface area contributed by atoms with Crippen LogP contribution in [0.1, 0.15) is 22.0 Å². The summed E-state index contributed by atoms with van der Waals surface area (Å²) in [5.74, 6) is 2.69. The Kier molecular flexibility index (Phi) is 8.22. The number of hydrogen-bond acceptors (Lipinski definition) is 7. The van der Waals surface area contributed by atoms with E-state index in [-0.39, 0.29) is 6.04 Å². The minimum Gasteiger partial charge on any atom is -0.358 e. The zero-order valence-electron chi connectivity index (χ0n) is 33.6. The van der Waals surface area contributed by atoms with Crippen LogP contribution in [0.2, 0.25) is 0 Å². The number of fused-ring (bicyclic) bond motifs is 9. The van der Waals surface area contributed by atoms with Crippen molar-refractivity contribution in [2.24, 2.45) is 4.99 Å². The van der Waals surface area contributed by atoms with Crippen LogP contribution >= 0.6 is 22.7 Å². The summed E-state index contributed by atoms with van der Waals surface area (Å²) in [7, 11) is 0. The van der Waals surface area contributed by atoms with Gasteiger partial charge in [0.1, 0.15) is 5.84 Å². The highest BCUT2D eigenvalue weighted by atomic mass is 32.1. The zero-order valence-corrected chi connectivity index (χ0v) is 35.2. The topological polar surface area (TPSA) is 68.0 Å². The van der Waals surface area contributed by atoms with Crippen molar-refractivity contribution in [2.45, 2.75) is 6.04 Å². The van der Waals surface area contributed by atoms with Gasteiger partial charge in [0, 0.05) is 57.7 Å². The monoisotopic (exact) mass is 842 g/mol. The van der Waals surface area contributed by atoms with E-state index >= 15 is 0 Å². The highest BCUT2D eigenvalue weighted by Crippen LogP contribution is 2.47. The summed E-state index contributed by atoms with van der Waals surface area (Å²) in [6.07, 6.45) is 0. The second kappa shape index (κ2) is 14.4. The van der Waals surface area contributed by atoms with Crippen LogP contribution in [0.4, 0.5) is 5.69 Å². The Morgan fingerprint density at radius 2 is 1.10 bits per heavy atom. The first-order valence-electron chi connectivity index (χ1n) is 21.0. The first-order valence-corrected chi connectivity index (χ1v) is 22.6. The summed E-state index contributed by atoms with van der Waals surface area (Å²) >= 11 is 3.61. The summed E-state index contributed by atoms with van der Waals surface area (Å²) in [4.78, 5) is 22.4. The van der Waals surface area contributed by atoms with Crippen molar-refractivity contribution < 1.29 is 0 Å². The van der Waals surface area contributed by atoms with E-state index in [0.717, 1.165) is 65.8 Å². The molecule has 0 radical (unpaired) electrons. The third-order valence-electron chi connectivity index (χ3n) is 12.1. The number of hydrogen-bond donors (Lipinski definition) is 1. The van der Waals surface area contributed by atoms with Crippen molar-refractivity contribution in [1.82, 2.24) is 24.8 Å². The smallest absolute Gasteiger partial charge is 0.238 e. The first-order chi connectivity index (χ1) is 31.2. The lowest BCUT2D eigenvalue weighted by Crippen LogP contribution is -2.32. The molecule has 0 saturated carbocycles. The van der Waals surface area contributed by atoms with Crippen molar-refractivity contribution >= 4 is 86.3 Å². The molecule has 1 atom stereocenters. The lowest BCUT2D eigenvalue weighted by molar-refractivity contribution is 0.766. The SMILES string of the molecule is c1ccc(-c2ccc3c4ccccc4n(-c4nc(-c5ccccc5)nc(-c5ccc6c(c5)sc5cccc(C7=Nc8c(sc9ccccc89)C(c8ccccc8)N7)c56)n4)c3c2)cc1. The molecule has 1 aliphatic heterocycles. The quantitative estimate of drug-likeness (QED) is 0.181. The van der Waals surface area contributed by atoms with Crippen LogP contribution in [0.5, 0.6) is 0 Å². The molecule has 8 aromatic carbocycles. The molecule has 0 saturated heterocycles. The molecular weight excluding hydrogens is 809 g/mol. The van der Waals surface area contributed by atoms with Gasteiger partial charge in [-0.3, -0.25) is 4.57 Å². The molecule has 0 amide bonds. The van der Waals surface area contributed by atoms with Gasteiger partial charge >= 0.3 is 0 Å². The van der Waals surface area contributed by atoms with Crippen LogP contribution in [0, 0.1) is 0 Å². The fourth-order valence-corrected chi connectivity index (χ4v) is 11.6. The largest absolute Gasteiger partial charge is 0.358 e. The van der Waals surface area contributed by atoms with E-state index in [2.05, 4.69) is 186 Å². The highest BCUT2D eigenvalue weighted by molar-refractivity contribution is 7.26. The molecule has 0 spiro atoms. The molecule has 12 aromatic rings. The number of amidine groups is 1. The number of rotatable bonds is 6. The van der Waals surface area contributed by atoms with E-state index in [1.807, 2.05) is 29.5 Å². The Balaban J connectivity index is 0.981. The third kappa shape index (κ3) is 5.91. The number of para-hydroxylation sites is 1. The van der Waals surface area contributed by atoms with Gasteiger partial charge in [0.25, 0.3) is 0 Å². The van der Waals surface area contributed by atoms with Crippen molar-refractivity contribution in [2.75, 3.05) is 0 Å². The molecule has 1 unspecified atom stereocenters. The lowest BCUT2D eigenvalue weighted by Gasteiger charge is -2.26. The fraction of sp³-hybridized carbons (Fsp3) is 0.0182. The second-order valence-electron chi connectivity index (χ2n) is 15.9. The van der Waals surface area contributed by atoms with Crippen LogP contribution in [0.25, 0.3) is 91.9 Å². The predicted molar refractivity (Wildman–Crippen MR) is 263 cm³/mol. The van der Waals surface area contributed by atoms with Crippen LogP contribution < -0.4 is 5.32 Å². The van der Waals surface area contributed by atoms with Crippen molar-refractivity contribution in [3.63, 3.8) is 0 Å². The maximum Gasteiger partial charge on any atom is 0.238 e. The minimum absolute atomic E-state index is 0.0193. The molecule has 1 N–H and O–H groups in total. The lowest BCUT2D eigenvalue weighted by atomic mass is 9.99. The molecule has 0 aliphatic carbocycles. The summed E-state index contributed by atoms with van der Waals surface area (Å²) in [5, 5.41) is 9.74. The van der Waals surface area contributed by atoms with E-state index in [1.54, 1.807) is 11.3 Å². The van der Waals surface area contributed by atoms with Gasteiger partial charge in [-0.05, 0) is 47.0 Å². The van der Waals surface area contributed by atoms with Crippen LogP contribution in [-0.4, -0.2) is 25.4 Å². The van der Waals surface area contributed by atoms with Crippen LogP contribution in [-0.2, 0) is 0 Å². The van der Waals surface area contributed by atoms with Crippen molar-refractivity contribution in [1.29, 1.82) is 0 Å². The predicted octanol–water partition coefficient (Wildman–Crippen LogP) is 14.3. The average molecular weight is 843 g/mol. The summed E-state index contributed by atoms with van der Waals surface area (Å²) in [6, 6.07) is 68.4. The van der Waals surface area contributed by atoms with Gasteiger partial charge in [-0.1, -0.05) is 164 Å². The molecule has 63 heavy (non-hydrogen) atoms. The molecule has 4 aromatic heterocycles. The molecule has 5 heterocycles. The Labute approximate surface area is 370 Å². The van der Waals surface area contributed by atoms with E-state index in [1.165, 1.54) is 36.0 Å². The molecule has 13 rings (SSSR count). The summed E-state index contributed by atoms with van der Waals surface area (Å²) in [5.41, 5.74) is 9.58. The molecule has 0 fully saturated rings. The minimum atomic E-state index is -0.0193. The maximum atomic E-state index is 5.41. The number of thiophene rings is 2. The molecule has 1 aliphatic rings. The molecular formula is C55H34N6S2. The fourth-order valence-electron chi connectivity index (χ4n) is 9.19. The molecule has 296 valence electrons. The van der Waals surface area contributed by atoms with Gasteiger partial charge in [0.2, 0.25) is 5.95 Å². The highest BCUT2D eigenvalue weighted by Gasteiger charge is 2.29. The molecule has 8 heteroatoms. The first kappa shape index (κ1) is 35.9. The number of benzene rings is 8. The van der Waals surface area contributed by atoms with E-state index < -0.39 is 0 Å². The van der Waals surface area contributed by atoms with Crippen LogP contribution in [0.3, 0.4) is 0 Å². The Morgan fingerprint density at radius 3 is 1.92 bits per heavy atom. The Hall–Kier alpha value is -7.78. The van der Waals surface area contributed by atoms with Gasteiger partial charge in [-0.25, -0.2) is 9.98 Å². The zero-order chi connectivity index (χ0) is 41.4. The van der Waals surface area contributed by atoms with Crippen molar-refractivity contribution in [3.8, 4) is 39.9 Å². The van der Waals surface area contributed by atoms with Gasteiger partial charge in [0.05, 0.1) is 27.6 Å². The van der Waals surface area contributed by atoms with E-state index in [9.17, 15) is 0 Å². The third-order valence-corrected chi connectivity index (χ3v) is 14.5. The van der Waals surface area contributed by atoms with Crippen LogP contribution in [0.15, 0.2) is 199 Å². The summed E-state index contributed by atoms with van der Waals surface area (Å²) < 4.78 is 5.79. The Bertz CT molecular complexity index is 3780. The number of nitrogens with zero attached hydrogens (tertiary/aromatic N) is 5. The van der Waals surface area contributed by atoms with E-state index in [0.29, 0.717) is 17.6 Å². The normalized spacial score (nSPS) is 13.8. The van der Waals surface area contributed by atoms with Gasteiger partial charge in [0.15, 0.2) is 11.6 Å². The van der Waals surface area contributed by atoms with Crippen molar-refractivity contribution in [3.05, 3.63) is 210 Å². The second-order valence-corrected chi connectivity index (χ2v) is 18.0. The average Bonchev–Trinajstić information content (AvgIpc) is 4.03. The summed E-state index contributed by atoms with van der Waals surface area (Å²) in [6.45, 7) is 0. The Morgan fingerprint density at radius 1 is 0.444 bits per heavy atom. The van der Waals surface area contributed by atoms with Gasteiger partial charge < -0.3 is 5.32 Å². The van der Waals surface area contributed by atoms with Gasteiger partial charge in [-0.15, -0.1) is 22.7 Å². The number of nitrogens with one attached hydrogen (secondary N) is 1.